The second kappa shape index (κ2) is 8.40. The lowest BCUT2D eigenvalue weighted by molar-refractivity contribution is -0.122. The van der Waals surface area contributed by atoms with Crippen LogP contribution in [0.15, 0.2) is 24.3 Å². The van der Waals surface area contributed by atoms with Gasteiger partial charge in [0.25, 0.3) is 0 Å². The van der Waals surface area contributed by atoms with E-state index in [1.165, 1.54) is 11.1 Å². The zero-order valence-corrected chi connectivity index (χ0v) is 14.0. The fraction of sp³-hybridized carbons (Fsp3) is 0.588. The molecule has 0 saturated carbocycles. The zero-order chi connectivity index (χ0) is 14.5. The molecule has 2 rings (SSSR count). The quantitative estimate of drug-likeness (QED) is 0.875. The molecule has 2 unspecified atom stereocenters. The van der Waals surface area contributed by atoms with Crippen LogP contribution >= 0.6 is 12.4 Å². The van der Waals surface area contributed by atoms with E-state index in [-0.39, 0.29) is 24.4 Å². The summed E-state index contributed by atoms with van der Waals surface area (Å²) in [4.78, 5) is 12.0. The smallest absolute Gasteiger partial charge is 0.220 e. The zero-order valence-electron chi connectivity index (χ0n) is 13.2. The van der Waals surface area contributed by atoms with E-state index >= 15 is 0 Å². The van der Waals surface area contributed by atoms with Crippen molar-refractivity contribution in [2.45, 2.75) is 45.6 Å². The van der Waals surface area contributed by atoms with Crippen molar-refractivity contribution in [1.82, 2.24) is 10.6 Å². The van der Waals surface area contributed by atoms with Crippen LogP contribution in [-0.4, -0.2) is 19.0 Å². The van der Waals surface area contributed by atoms with Crippen LogP contribution < -0.4 is 10.6 Å². The first-order valence-corrected chi connectivity index (χ1v) is 7.66. The summed E-state index contributed by atoms with van der Waals surface area (Å²) < 4.78 is 0. The molecule has 118 valence electrons. The second-order valence-corrected chi connectivity index (χ2v) is 6.17. The molecule has 1 aromatic rings. The molecule has 1 aliphatic heterocycles. The van der Waals surface area contributed by atoms with Gasteiger partial charge in [-0.25, -0.2) is 0 Å². The summed E-state index contributed by atoms with van der Waals surface area (Å²) in [6, 6.07) is 8.64. The molecule has 1 aromatic carbocycles. The number of hydrogen-bond acceptors (Lipinski definition) is 2. The summed E-state index contributed by atoms with van der Waals surface area (Å²) in [7, 11) is 0. The Labute approximate surface area is 134 Å². The number of benzene rings is 1. The third-order valence-electron chi connectivity index (χ3n) is 4.12. The molecule has 1 fully saturated rings. The number of nitrogens with one attached hydrogen (secondary N) is 2. The first-order chi connectivity index (χ1) is 9.56. The van der Waals surface area contributed by atoms with Crippen LogP contribution in [0.1, 0.15) is 56.7 Å². The first-order valence-electron chi connectivity index (χ1n) is 7.66. The number of hydrogen-bond donors (Lipinski definition) is 2. The lowest BCUT2D eigenvalue weighted by Gasteiger charge is -2.17. The predicted octanol–water partition coefficient (Wildman–Crippen LogP) is 3.41. The minimum absolute atomic E-state index is 0. The lowest BCUT2D eigenvalue weighted by atomic mass is 9.99. The number of carbonyl (C=O) groups excluding carboxylic acids is 1. The predicted molar refractivity (Wildman–Crippen MR) is 89.9 cm³/mol. The SMILES string of the molecule is CC(C)c1ccc(C(C)NC(=O)CC2CCNC2)cc1.Cl. The van der Waals surface area contributed by atoms with Crippen LogP contribution in [0.4, 0.5) is 0 Å². The summed E-state index contributed by atoms with van der Waals surface area (Å²) in [5.41, 5.74) is 2.51. The Morgan fingerprint density at radius 3 is 2.38 bits per heavy atom. The molecule has 0 bridgehead atoms. The Morgan fingerprint density at radius 2 is 1.86 bits per heavy atom. The van der Waals surface area contributed by atoms with Gasteiger partial charge in [0, 0.05) is 6.42 Å². The van der Waals surface area contributed by atoms with Gasteiger partial charge in [-0.1, -0.05) is 38.1 Å². The summed E-state index contributed by atoms with van der Waals surface area (Å²) in [6.07, 6.45) is 1.76. The van der Waals surface area contributed by atoms with E-state index in [0.29, 0.717) is 18.3 Å². The van der Waals surface area contributed by atoms with Crippen LogP contribution in [0.2, 0.25) is 0 Å². The summed E-state index contributed by atoms with van der Waals surface area (Å²) in [6.45, 7) is 8.45. The van der Waals surface area contributed by atoms with Crippen molar-refractivity contribution in [1.29, 1.82) is 0 Å². The van der Waals surface area contributed by atoms with Gasteiger partial charge in [0.2, 0.25) is 5.91 Å². The van der Waals surface area contributed by atoms with Crippen LogP contribution in [-0.2, 0) is 4.79 Å². The normalized spacial score (nSPS) is 19.1. The third kappa shape index (κ3) is 5.33. The highest BCUT2D eigenvalue weighted by molar-refractivity contribution is 5.85. The topological polar surface area (TPSA) is 41.1 Å². The third-order valence-corrected chi connectivity index (χ3v) is 4.12. The van der Waals surface area contributed by atoms with E-state index in [0.717, 1.165) is 19.5 Å². The molecule has 3 nitrogen and oxygen atoms in total. The number of amides is 1. The molecule has 1 aliphatic rings. The largest absolute Gasteiger partial charge is 0.350 e. The summed E-state index contributed by atoms with van der Waals surface area (Å²) in [5, 5.41) is 6.40. The summed E-state index contributed by atoms with van der Waals surface area (Å²) >= 11 is 0. The minimum Gasteiger partial charge on any atom is -0.350 e. The Morgan fingerprint density at radius 1 is 1.24 bits per heavy atom. The highest BCUT2D eigenvalue weighted by atomic mass is 35.5. The van der Waals surface area contributed by atoms with Gasteiger partial charge in [-0.2, -0.15) is 0 Å². The maximum absolute atomic E-state index is 12.0. The maximum atomic E-state index is 12.0. The van der Waals surface area contributed by atoms with Crippen LogP contribution in [0, 0.1) is 5.92 Å². The van der Waals surface area contributed by atoms with Gasteiger partial charge in [-0.3, -0.25) is 4.79 Å². The second-order valence-electron chi connectivity index (χ2n) is 6.17. The van der Waals surface area contributed by atoms with E-state index < -0.39 is 0 Å². The molecule has 0 radical (unpaired) electrons. The van der Waals surface area contributed by atoms with E-state index in [1.54, 1.807) is 0 Å². The number of carbonyl (C=O) groups is 1. The molecule has 4 heteroatoms. The van der Waals surface area contributed by atoms with Gasteiger partial charge in [-0.15, -0.1) is 12.4 Å². The van der Waals surface area contributed by atoms with Crippen LogP contribution in [0.25, 0.3) is 0 Å². The van der Waals surface area contributed by atoms with Gasteiger partial charge >= 0.3 is 0 Å². The molecule has 0 aliphatic carbocycles. The van der Waals surface area contributed by atoms with Crippen molar-refractivity contribution in [3.8, 4) is 0 Å². The molecule has 2 N–H and O–H groups in total. The maximum Gasteiger partial charge on any atom is 0.220 e. The molecule has 1 amide bonds. The average molecular weight is 311 g/mol. The Balaban J connectivity index is 0.00000220. The van der Waals surface area contributed by atoms with Crippen molar-refractivity contribution >= 4 is 18.3 Å². The fourth-order valence-electron chi connectivity index (χ4n) is 2.70. The molecular formula is C17H27ClN2O. The van der Waals surface area contributed by atoms with E-state index in [1.807, 2.05) is 0 Å². The van der Waals surface area contributed by atoms with Gasteiger partial charge in [0.15, 0.2) is 0 Å². The minimum atomic E-state index is 0. The Kier molecular flexibility index (Phi) is 7.20. The highest BCUT2D eigenvalue weighted by Gasteiger charge is 2.19. The lowest BCUT2D eigenvalue weighted by Crippen LogP contribution is -2.28. The number of halogens is 1. The molecule has 0 aromatic heterocycles. The van der Waals surface area contributed by atoms with Gasteiger partial charge in [-0.05, 0) is 49.4 Å². The van der Waals surface area contributed by atoms with Gasteiger partial charge < -0.3 is 10.6 Å². The van der Waals surface area contributed by atoms with Crippen molar-refractivity contribution in [2.24, 2.45) is 5.92 Å². The van der Waals surface area contributed by atoms with Crippen molar-refractivity contribution < 1.29 is 4.79 Å². The van der Waals surface area contributed by atoms with Gasteiger partial charge in [0.1, 0.15) is 0 Å². The monoisotopic (exact) mass is 310 g/mol. The van der Waals surface area contributed by atoms with Crippen molar-refractivity contribution in [3.63, 3.8) is 0 Å². The highest BCUT2D eigenvalue weighted by Crippen LogP contribution is 2.19. The molecule has 0 spiro atoms. The average Bonchev–Trinajstić information content (AvgIpc) is 2.91. The van der Waals surface area contributed by atoms with E-state index in [4.69, 9.17) is 0 Å². The van der Waals surface area contributed by atoms with E-state index in [9.17, 15) is 4.79 Å². The molecule has 2 atom stereocenters. The Hall–Kier alpha value is -1.06. The standard InChI is InChI=1S/C17H26N2O.ClH/c1-12(2)15-4-6-16(7-5-15)13(3)19-17(20)10-14-8-9-18-11-14;/h4-7,12-14,18H,8-11H2,1-3H3,(H,19,20);1H. The molecular weight excluding hydrogens is 284 g/mol. The molecule has 21 heavy (non-hydrogen) atoms. The number of rotatable bonds is 5. The summed E-state index contributed by atoms with van der Waals surface area (Å²) in [5.74, 6) is 1.22. The van der Waals surface area contributed by atoms with Crippen LogP contribution in [0.3, 0.4) is 0 Å². The van der Waals surface area contributed by atoms with Crippen molar-refractivity contribution in [2.75, 3.05) is 13.1 Å². The molecule has 1 saturated heterocycles. The Bertz CT molecular complexity index is 439. The molecule has 1 heterocycles. The van der Waals surface area contributed by atoms with Crippen LogP contribution in [0.5, 0.6) is 0 Å². The van der Waals surface area contributed by atoms with Gasteiger partial charge in [0.05, 0.1) is 6.04 Å². The van der Waals surface area contributed by atoms with Crippen molar-refractivity contribution in [3.05, 3.63) is 35.4 Å². The fourth-order valence-corrected chi connectivity index (χ4v) is 2.70. The van der Waals surface area contributed by atoms with E-state index in [2.05, 4.69) is 55.7 Å². The first kappa shape index (κ1) is 18.0.